The maximum atomic E-state index is 13.0. The van der Waals surface area contributed by atoms with Crippen LogP contribution in [0.4, 0.5) is 5.13 Å². The first kappa shape index (κ1) is 20.8. The van der Waals surface area contributed by atoms with Gasteiger partial charge < -0.3 is 11.1 Å². The topological polar surface area (TPSA) is 90.0 Å². The minimum Gasteiger partial charge on any atom is -0.375 e. The standard InChI is InChI=1S/C22H26N4O2S/c1-14(2)16-6-4-8-18(12-16)26-11-9-15(3)19(21(26)28)20(27)24-10-5-7-17-13-29-22(23)25-17/h4,6,8-9,11-14H,5,7,10H2,1-3H3,(H2,23,25)(H,24,27). The second kappa shape index (κ2) is 9.05. The van der Waals surface area contributed by atoms with Gasteiger partial charge in [-0.3, -0.25) is 14.2 Å². The van der Waals surface area contributed by atoms with Gasteiger partial charge in [0.05, 0.1) is 5.69 Å². The number of carbonyl (C=O) groups is 1. The van der Waals surface area contributed by atoms with Crippen molar-refractivity contribution in [2.45, 2.75) is 39.5 Å². The van der Waals surface area contributed by atoms with Gasteiger partial charge in [0.2, 0.25) is 0 Å². The zero-order valence-corrected chi connectivity index (χ0v) is 17.8. The Morgan fingerprint density at radius 2 is 2.10 bits per heavy atom. The highest BCUT2D eigenvalue weighted by molar-refractivity contribution is 7.13. The molecule has 2 aromatic heterocycles. The van der Waals surface area contributed by atoms with Crippen LogP contribution in [-0.4, -0.2) is 22.0 Å². The van der Waals surface area contributed by atoms with Crippen LogP contribution in [0.15, 0.2) is 46.7 Å². The van der Waals surface area contributed by atoms with Gasteiger partial charge in [-0.05, 0) is 55.0 Å². The smallest absolute Gasteiger partial charge is 0.268 e. The second-order valence-corrected chi connectivity index (χ2v) is 8.22. The van der Waals surface area contributed by atoms with Crippen LogP contribution in [0, 0.1) is 6.92 Å². The van der Waals surface area contributed by atoms with E-state index in [1.807, 2.05) is 29.6 Å². The third-order valence-electron chi connectivity index (χ3n) is 4.81. The fourth-order valence-corrected chi connectivity index (χ4v) is 3.73. The van der Waals surface area contributed by atoms with Crippen molar-refractivity contribution in [3.63, 3.8) is 0 Å². The molecule has 6 nitrogen and oxygen atoms in total. The lowest BCUT2D eigenvalue weighted by molar-refractivity contribution is 0.0950. The van der Waals surface area contributed by atoms with Gasteiger partial charge in [0.15, 0.2) is 5.13 Å². The summed E-state index contributed by atoms with van der Waals surface area (Å²) in [7, 11) is 0. The molecule has 0 aliphatic carbocycles. The Labute approximate surface area is 174 Å². The summed E-state index contributed by atoms with van der Waals surface area (Å²) >= 11 is 1.41. The molecule has 1 aromatic carbocycles. The number of hydrogen-bond donors (Lipinski definition) is 2. The van der Waals surface area contributed by atoms with Crippen LogP contribution in [0.5, 0.6) is 0 Å². The van der Waals surface area contributed by atoms with E-state index in [2.05, 4.69) is 24.1 Å². The predicted octanol–water partition coefficient (Wildman–Crippen LogP) is 3.67. The number of aryl methyl sites for hydroxylation is 2. The molecule has 3 rings (SSSR count). The number of hydrogen-bond acceptors (Lipinski definition) is 5. The van der Waals surface area contributed by atoms with Crippen molar-refractivity contribution >= 4 is 22.4 Å². The number of benzene rings is 1. The monoisotopic (exact) mass is 410 g/mol. The largest absolute Gasteiger partial charge is 0.375 e. The van der Waals surface area contributed by atoms with Gasteiger partial charge in [-0.2, -0.15) is 0 Å². The summed E-state index contributed by atoms with van der Waals surface area (Å²) in [5, 5.41) is 5.32. The summed E-state index contributed by atoms with van der Waals surface area (Å²) in [6.07, 6.45) is 3.18. The molecule has 152 valence electrons. The number of nitrogen functional groups attached to an aromatic ring is 1. The van der Waals surface area contributed by atoms with Crippen molar-refractivity contribution in [3.05, 3.63) is 74.6 Å². The summed E-state index contributed by atoms with van der Waals surface area (Å²) in [5.74, 6) is 0.00610. The Hall–Kier alpha value is -2.93. The average molecular weight is 411 g/mol. The van der Waals surface area contributed by atoms with Crippen LogP contribution in [0.25, 0.3) is 5.69 Å². The van der Waals surface area contributed by atoms with Crippen molar-refractivity contribution in [2.75, 3.05) is 12.3 Å². The Morgan fingerprint density at radius 3 is 2.79 bits per heavy atom. The predicted molar refractivity (Wildman–Crippen MR) is 118 cm³/mol. The number of pyridine rings is 1. The van der Waals surface area contributed by atoms with Gasteiger partial charge in [-0.15, -0.1) is 11.3 Å². The van der Waals surface area contributed by atoms with Gasteiger partial charge >= 0.3 is 0 Å². The fourth-order valence-electron chi connectivity index (χ4n) is 3.14. The van der Waals surface area contributed by atoms with Gasteiger partial charge in [0.1, 0.15) is 5.56 Å². The summed E-state index contributed by atoms with van der Waals surface area (Å²) in [5.41, 5.74) is 8.99. The van der Waals surface area contributed by atoms with E-state index in [1.54, 1.807) is 19.2 Å². The number of nitrogens with one attached hydrogen (secondary N) is 1. The Balaban J connectivity index is 1.75. The van der Waals surface area contributed by atoms with Crippen LogP contribution in [0.3, 0.4) is 0 Å². The zero-order valence-electron chi connectivity index (χ0n) is 16.9. The maximum absolute atomic E-state index is 13.0. The van der Waals surface area contributed by atoms with Crippen molar-refractivity contribution in [2.24, 2.45) is 0 Å². The van der Waals surface area contributed by atoms with E-state index in [9.17, 15) is 9.59 Å². The Bertz CT molecular complexity index is 1070. The van der Waals surface area contributed by atoms with Gasteiger partial charge in [-0.1, -0.05) is 26.0 Å². The van der Waals surface area contributed by atoms with E-state index in [4.69, 9.17) is 5.73 Å². The molecule has 1 amide bonds. The van der Waals surface area contributed by atoms with Crippen molar-refractivity contribution in [1.82, 2.24) is 14.9 Å². The van der Waals surface area contributed by atoms with E-state index in [1.165, 1.54) is 15.9 Å². The number of nitrogens with zero attached hydrogens (tertiary/aromatic N) is 2. The molecule has 0 radical (unpaired) electrons. The third kappa shape index (κ3) is 4.92. The van der Waals surface area contributed by atoms with Gasteiger partial charge in [0, 0.05) is 23.8 Å². The second-order valence-electron chi connectivity index (χ2n) is 7.34. The highest BCUT2D eigenvalue weighted by atomic mass is 32.1. The molecule has 7 heteroatoms. The van der Waals surface area contributed by atoms with Crippen LogP contribution in [-0.2, 0) is 6.42 Å². The summed E-state index contributed by atoms with van der Waals surface area (Å²) in [4.78, 5) is 30.0. The zero-order chi connectivity index (χ0) is 21.0. The lowest BCUT2D eigenvalue weighted by atomic mass is 10.0. The molecular weight excluding hydrogens is 384 g/mol. The molecule has 0 aliphatic rings. The highest BCUT2D eigenvalue weighted by Gasteiger charge is 2.16. The molecule has 0 saturated carbocycles. The summed E-state index contributed by atoms with van der Waals surface area (Å²) in [6.45, 7) is 6.46. The molecule has 3 N–H and O–H groups in total. The molecule has 0 atom stereocenters. The summed E-state index contributed by atoms with van der Waals surface area (Å²) in [6, 6.07) is 9.64. The molecule has 0 aliphatic heterocycles. The Kier molecular flexibility index (Phi) is 6.49. The van der Waals surface area contributed by atoms with E-state index in [0.717, 1.165) is 29.8 Å². The van der Waals surface area contributed by atoms with Crippen LogP contribution >= 0.6 is 11.3 Å². The first-order chi connectivity index (χ1) is 13.9. The number of anilines is 1. The van der Waals surface area contributed by atoms with Crippen molar-refractivity contribution in [1.29, 1.82) is 0 Å². The number of carbonyl (C=O) groups excluding carboxylic acids is 1. The molecule has 0 saturated heterocycles. The number of aromatic nitrogens is 2. The van der Waals surface area contributed by atoms with Crippen molar-refractivity contribution in [3.8, 4) is 5.69 Å². The lowest BCUT2D eigenvalue weighted by Crippen LogP contribution is -2.34. The maximum Gasteiger partial charge on any atom is 0.268 e. The molecule has 29 heavy (non-hydrogen) atoms. The van der Waals surface area contributed by atoms with Crippen LogP contribution < -0.4 is 16.6 Å². The lowest BCUT2D eigenvalue weighted by Gasteiger charge is -2.13. The highest BCUT2D eigenvalue weighted by Crippen LogP contribution is 2.18. The van der Waals surface area contributed by atoms with Gasteiger partial charge in [0.25, 0.3) is 11.5 Å². The number of thiazole rings is 1. The molecule has 3 aromatic rings. The molecule has 2 heterocycles. The average Bonchev–Trinajstić information content (AvgIpc) is 3.10. The van der Waals surface area contributed by atoms with E-state index in [0.29, 0.717) is 23.2 Å². The first-order valence-electron chi connectivity index (χ1n) is 9.67. The normalized spacial score (nSPS) is 11.0. The minimum atomic E-state index is -0.348. The molecular formula is C22H26N4O2S. The van der Waals surface area contributed by atoms with Gasteiger partial charge in [-0.25, -0.2) is 4.98 Å². The number of amides is 1. The van der Waals surface area contributed by atoms with Crippen LogP contribution in [0.2, 0.25) is 0 Å². The quantitative estimate of drug-likeness (QED) is 0.582. The van der Waals surface area contributed by atoms with E-state index < -0.39 is 0 Å². The summed E-state index contributed by atoms with van der Waals surface area (Å²) < 4.78 is 1.53. The van der Waals surface area contributed by atoms with Crippen molar-refractivity contribution < 1.29 is 4.79 Å². The van der Waals surface area contributed by atoms with Crippen LogP contribution in [0.1, 0.15) is 53.4 Å². The molecule has 0 bridgehead atoms. The fraction of sp³-hybridized carbons (Fsp3) is 0.318. The molecule has 0 unspecified atom stereocenters. The Morgan fingerprint density at radius 1 is 1.31 bits per heavy atom. The third-order valence-corrected chi connectivity index (χ3v) is 5.53. The SMILES string of the molecule is Cc1ccn(-c2cccc(C(C)C)c2)c(=O)c1C(=O)NCCCc1csc(N)n1. The molecule has 0 fully saturated rings. The number of nitrogens with two attached hydrogens (primary N) is 1. The first-order valence-corrected chi connectivity index (χ1v) is 10.6. The molecule has 0 spiro atoms. The van der Waals surface area contributed by atoms with E-state index in [-0.39, 0.29) is 17.0 Å². The number of rotatable bonds is 7. The van der Waals surface area contributed by atoms with E-state index >= 15 is 0 Å². The minimum absolute atomic E-state index is 0.181.